The molecule has 37 heavy (non-hydrogen) atoms. The summed E-state index contributed by atoms with van der Waals surface area (Å²) in [4.78, 5) is 23.1. The largest absolute Gasteiger partial charge is 0.489 e. The number of aryl methyl sites for hydroxylation is 3. The highest BCUT2D eigenvalue weighted by molar-refractivity contribution is 9.10. The van der Waals surface area contributed by atoms with E-state index in [1.54, 1.807) is 6.07 Å². The number of hydrogen-bond donors (Lipinski definition) is 2. The summed E-state index contributed by atoms with van der Waals surface area (Å²) in [5.74, 6) is -1.57. The third-order valence-electron chi connectivity index (χ3n) is 6.56. The van der Waals surface area contributed by atoms with E-state index in [4.69, 9.17) is 4.74 Å². The monoisotopic (exact) mass is 562 g/mol. The van der Waals surface area contributed by atoms with E-state index in [-0.39, 0.29) is 11.1 Å². The highest BCUT2D eigenvalue weighted by Crippen LogP contribution is 2.33. The van der Waals surface area contributed by atoms with Gasteiger partial charge in [-0.1, -0.05) is 24.3 Å². The lowest BCUT2D eigenvalue weighted by atomic mass is 9.93. The van der Waals surface area contributed by atoms with Gasteiger partial charge in [0.2, 0.25) is 0 Å². The highest BCUT2D eigenvalue weighted by atomic mass is 79.9. The fourth-order valence-corrected chi connectivity index (χ4v) is 4.84. The Hall–Kier alpha value is -3.91. The van der Waals surface area contributed by atoms with E-state index in [0.717, 1.165) is 49.4 Å². The Bertz CT molecular complexity index is 1520. The van der Waals surface area contributed by atoms with Gasteiger partial charge in [0.25, 0.3) is 0 Å². The van der Waals surface area contributed by atoms with Crippen molar-refractivity contribution in [1.29, 1.82) is 0 Å². The average molecular weight is 563 g/mol. The number of aromatic carboxylic acids is 2. The molecule has 1 aromatic heterocycles. The first kappa shape index (κ1) is 26.2. The maximum atomic E-state index is 11.8. The SMILES string of the molecule is Cc1cc(-c2nn(C)c(C)c2Br)ccc1OCc1c(C)cccc1Cc1ccc(C(=O)O)cc1C(=O)O. The minimum Gasteiger partial charge on any atom is -0.489 e. The fourth-order valence-electron chi connectivity index (χ4n) is 4.28. The van der Waals surface area contributed by atoms with Gasteiger partial charge >= 0.3 is 11.9 Å². The molecule has 8 heteroatoms. The molecule has 0 aliphatic heterocycles. The van der Waals surface area contributed by atoms with Crippen LogP contribution in [-0.4, -0.2) is 31.9 Å². The number of halogens is 1. The smallest absolute Gasteiger partial charge is 0.336 e. The van der Waals surface area contributed by atoms with Gasteiger partial charge in [0, 0.05) is 18.3 Å². The summed E-state index contributed by atoms with van der Waals surface area (Å²) in [5.41, 5.74) is 7.27. The van der Waals surface area contributed by atoms with Gasteiger partial charge in [-0.15, -0.1) is 0 Å². The number of carboxylic acids is 2. The second-order valence-electron chi connectivity index (χ2n) is 9.01. The van der Waals surface area contributed by atoms with E-state index in [2.05, 4.69) is 21.0 Å². The Morgan fingerprint density at radius 2 is 1.70 bits per heavy atom. The fraction of sp³-hybridized carbons (Fsp3) is 0.207. The topological polar surface area (TPSA) is 102 Å². The summed E-state index contributed by atoms with van der Waals surface area (Å²) in [6.45, 7) is 6.30. The van der Waals surface area contributed by atoms with Gasteiger partial charge in [0.15, 0.2) is 0 Å². The van der Waals surface area contributed by atoms with Gasteiger partial charge in [-0.3, -0.25) is 4.68 Å². The predicted molar refractivity (Wildman–Crippen MR) is 144 cm³/mol. The molecule has 0 aliphatic rings. The van der Waals surface area contributed by atoms with Gasteiger partial charge in [-0.25, -0.2) is 9.59 Å². The number of hydrogen-bond acceptors (Lipinski definition) is 4. The molecule has 0 saturated heterocycles. The molecular formula is C29H27BrN2O5. The third kappa shape index (κ3) is 5.44. The zero-order chi connectivity index (χ0) is 26.9. The van der Waals surface area contributed by atoms with Crippen LogP contribution in [-0.2, 0) is 20.1 Å². The van der Waals surface area contributed by atoms with Crippen LogP contribution in [0, 0.1) is 20.8 Å². The van der Waals surface area contributed by atoms with Crippen molar-refractivity contribution in [3.63, 3.8) is 0 Å². The maximum absolute atomic E-state index is 11.8. The summed E-state index contributed by atoms with van der Waals surface area (Å²) in [7, 11) is 1.91. The molecule has 0 fully saturated rings. The quantitative estimate of drug-likeness (QED) is 0.260. The van der Waals surface area contributed by atoms with E-state index in [1.165, 1.54) is 12.1 Å². The Labute approximate surface area is 223 Å². The standard InChI is InChI=1S/C29H27BrN2O5/c1-16-6-5-7-19(13-20-8-9-22(28(33)34)14-23(20)29(35)36)24(16)15-37-25-11-10-21(12-17(25)2)27-26(30)18(3)32(4)31-27/h5-12,14H,13,15H2,1-4H3,(H,33,34)(H,35,36). The maximum Gasteiger partial charge on any atom is 0.336 e. The van der Waals surface area contributed by atoms with Crippen molar-refractivity contribution >= 4 is 27.9 Å². The predicted octanol–water partition coefficient (Wildman–Crippen LogP) is 6.34. The van der Waals surface area contributed by atoms with E-state index >= 15 is 0 Å². The molecule has 1 heterocycles. The van der Waals surface area contributed by atoms with Crippen LogP contribution >= 0.6 is 15.9 Å². The van der Waals surface area contributed by atoms with Gasteiger partial charge in [0.05, 0.1) is 15.6 Å². The molecule has 0 unspecified atom stereocenters. The normalized spacial score (nSPS) is 10.9. The van der Waals surface area contributed by atoms with Crippen LogP contribution in [0.25, 0.3) is 11.3 Å². The zero-order valence-corrected chi connectivity index (χ0v) is 22.6. The molecule has 4 aromatic rings. The Morgan fingerprint density at radius 3 is 2.32 bits per heavy atom. The van der Waals surface area contributed by atoms with Gasteiger partial charge in [-0.05, 0) is 101 Å². The first-order valence-electron chi connectivity index (χ1n) is 11.7. The summed E-state index contributed by atoms with van der Waals surface area (Å²) in [6, 6.07) is 16.0. The van der Waals surface area contributed by atoms with Crippen LogP contribution in [0.3, 0.4) is 0 Å². The molecule has 0 radical (unpaired) electrons. The van der Waals surface area contributed by atoms with Crippen LogP contribution in [0.5, 0.6) is 5.75 Å². The number of benzene rings is 3. The molecule has 2 N–H and O–H groups in total. The molecule has 3 aromatic carbocycles. The van der Waals surface area contributed by atoms with Crippen LogP contribution in [0.4, 0.5) is 0 Å². The van der Waals surface area contributed by atoms with E-state index in [1.807, 2.05) is 68.9 Å². The van der Waals surface area contributed by atoms with Crippen LogP contribution in [0.1, 0.15) is 54.2 Å². The average Bonchev–Trinajstić information content (AvgIpc) is 3.11. The van der Waals surface area contributed by atoms with Crippen LogP contribution in [0.15, 0.2) is 59.1 Å². The first-order valence-corrected chi connectivity index (χ1v) is 12.5. The van der Waals surface area contributed by atoms with Crippen molar-refractivity contribution in [3.8, 4) is 17.0 Å². The van der Waals surface area contributed by atoms with Gasteiger partial charge in [-0.2, -0.15) is 5.10 Å². The van der Waals surface area contributed by atoms with Crippen molar-refractivity contribution < 1.29 is 24.5 Å². The molecule has 0 aliphatic carbocycles. The second-order valence-corrected chi connectivity index (χ2v) is 9.81. The van der Waals surface area contributed by atoms with Gasteiger partial charge < -0.3 is 14.9 Å². The van der Waals surface area contributed by atoms with Crippen LogP contribution < -0.4 is 4.74 Å². The molecule has 7 nitrogen and oxygen atoms in total. The third-order valence-corrected chi connectivity index (χ3v) is 7.51. The minimum absolute atomic E-state index is 0.0179. The number of carboxylic acid groups (broad SMARTS) is 2. The van der Waals surface area contributed by atoms with Crippen molar-refractivity contribution in [2.75, 3.05) is 0 Å². The number of nitrogens with zero attached hydrogens (tertiary/aromatic N) is 2. The highest BCUT2D eigenvalue weighted by Gasteiger charge is 2.17. The molecule has 0 bridgehead atoms. The summed E-state index contributed by atoms with van der Waals surface area (Å²) >= 11 is 3.63. The van der Waals surface area contributed by atoms with Crippen LogP contribution in [0.2, 0.25) is 0 Å². The zero-order valence-electron chi connectivity index (χ0n) is 21.0. The van der Waals surface area contributed by atoms with Gasteiger partial charge in [0.1, 0.15) is 18.1 Å². The minimum atomic E-state index is -1.16. The van der Waals surface area contributed by atoms with Crippen molar-refractivity contribution in [1.82, 2.24) is 9.78 Å². The Balaban J connectivity index is 1.59. The Kier molecular flexibility index (Phi) is 7.50. The number of carbonyl (C=O) groups is 2. The molecule has 4 rings (SSSR count). The molecule has 0 saturated carbocycles. The summed E-state index contributed by atoms with van der Waals surface area (Å²) in [6.07, 6.45) is 0.340. The molecule has 0 spiro atoms. The lowest BCUT2D eigenvalue weighted by molar-refractivity contribution is 0.0695. The number of rotatable bonds is 8. The van der Waals surface area contributed by atoms with Crippen molar-refractivity contribution in [2.24, 2.45) is 7.05 Å². The first-order chi connectivity index (χ1) is 17.6. The van der Waals surface area contributed by atoms with E-state index in [0.29, 0.717) is 18.6 Å². The van der Waals surface area contributed by atoms with Crippen molar-refractivity contribution in [2.45, 2.75) is 33.8 Å². The van der Waals surface area contributed by atoms with E-state index in [9.17, 15) is 19.8 Å². The summed E-state index contributed by atoms with van der Waals surface area (Å²) in [5, 5.41) is 23.5. The second kappa shape index (κ2) is 10.6. The molecule has 0 atom stereocenters. The number of aromatic nitrogens is 2. The van der Waals surface area contributed by atoms with E-state index < -0.39 is 11.9 Å². The Morgan fingerprint density at radius 1 is 0.946 bits per heavy atom. The lowest BCUT2D eigenvalue weighted by Crippen LogP contribution is -2.09. The molecule has 190 valence electrons. The van der Waals surface area contributed by atoms with Crippen molar-refractivity contribution in [3.05, 3.63) is 104 Å². The number of ether oxygens (including phenoxy) is 1. The summed E-state index contributed by atoms with van der Waals surface area (Å²) < 4.78 is 9.03. The molecule has 0 amide bonds. The lowest BCUT2D eigenvalue weighted by Gasteiger charge is -2.16. The molecular weight excluding hydrogens is 536 g/mol.